The number of rotatable bonds is 6. The molecule has 0 radical (unpaired) electrons. The van der Waals surface area contributed by atoms with Crippen LogP contribution < -0.4 is 4.90 Å². The quantitative estimate of drug-likeness (QED) is 0.520. The Kier molecular flexibility index (Phi) is 5.93. The second-order valence-corrected chi connectivity index (χ2v) is 9.00. The van der Waals surface area contributed by atoms with Gasteiger partial charge in [0.2, 0.25) is 0 Å². The molecule has 1 heterocycles. The summed E-state index contributed by atoms with van der Waals surface area (Å²) in [5.41, 5.74) is 3.59. The Morgan fingerprint density at radius 1 is 0.969 bits per heavy atom. The van der Waals surface area contributed by atoms with Gasteiger partial charge < -0.3 is 10.0 Å². The van der Waals surface area contributed by atoms with Crippen LogP contribution in [-0.2, 0) is 16.8 Å². The Balaban J connectivity index is 1.67. The number of hydrogen-bond donors (Lipinski definition) is 1. The molecule has 4 rings (SSSR count). The Morgan fingerprint density at radius 2 is 1.66 bits per heavy atom. The predicted molar refractivity (Wildman–Crippen MR) is 127 cm³/mol. The van der Waals surface area contributed by atoms with Crippen LogP contribution >= 0.6 is 11.6 Å². The molecule has 5 heteroatoms. The van der Waals surface area contributed by atoms with Gasteiger partial charge in [-0.15, -0.1) is 0 Å². The first-order chi connectivity index (χ1) is 15.2. The number of carbonyl (C=O) groups is 2. The molecule has 1 aliphatic heterocycles. The van der Waals surface area contributed by atoms with E-state index in [1.54, 1.807) is 23.1 Å². The van der Waals surface area contributed by atoms with Crippen LogP contribution in [-0.4, -0.2) is 23.3 Å². The van der Waals surface area contributed by atoms with Crippen molar-refractivity contribution in [2.75, 3.05) is 11.4 Å². The molecule has 0 aromatic heterocycles. The number of Topliss-reactive ketones (excluding diaryl/α,β-unsaturated/α-hetero) is 1. The summed E-state index contributed by atoms with van der Waals surface area (Å²) in [5, 5.41) is 12.0. The fourth-order valence-electron chi connectivity index (χ4n) is 4.39. The summed E-state index contributed by atoms with van der Waals surface area (Å²) in [6.45, 7) is 6.21. The number of aliphatic hydroxyl groups is 1. The van der Waals surface area contributed by atoms with E-state index in [9.17, 15) is 14.7 Å². The molecule has 3 aromatic carbocycles. The Hall–Kier alpha value is -2.95. The highest BCUT2D eigenvalue weighted by Crippen LogP contribution is 2.44. The molecule has 1 amide bonds. The van der Waals surface area contributed by atoms with Crippen molar-refractivity contribution < 1.29 is 14.7 Å². The monoisotopic (exact) mass is 447 g/mol. The van der Waals surface area contributed by atoms with Crippen LogP contribution in [0.1, 0.15) is 44.6 Å². The van der Waals surface area contributed by atoms with E-state index in [-0.39, 0.29) is 12.2 Å². The molecule has 0 bridgehead atoms. The highest BCUT2D eigenvalue weighted by molar-refractivity contribution is 6.31. The first-order valence-corrected chi connectivity index (χ1v) is 11.1. The highest BCUT2D eigenvalue weighted by atomic mass is 35.5. The van der Waals surface area contributed by atoms with Crippen molar-refractivity contribution in [3.63, 3.8) is 0 Å². The van der Waals surface area contributed by atoms with Gasteiger partial charge in [-0.25, -0.2) is 0 Å². The van der Waals surface area contributed by atoms with E-state index in [4.69, 9.17) is 11.6 Å². The van der Waals surface area contributed by atoms with Crippen LogP contribution in [0.25, 0.3) is 0 Å². The van der Waals surface area contributed by atoms with Crippen molar-refractivity contribution >= 4 is 29.0 Å². The third-order valence-corrected chi connectivity index (χ3v) is 6.55. The molecule has 0 saturated carbocycles. The van der Waals surface area contributed by atoms with Gasteiger partial charge in [0.15, 0.2) is 11.4 Å². The van der Waals surface area contributed by atoms with Crippen molar-refractivity contribution in [2.45, 2.75) is 39.2 Å². The van der Waals surface area contributed by atoms with Crippen LogP contribution in [0.3, 0.4) is 0 Å². The van der Waals surface area contributed by atoms with Gasteiger partial charge in [0.25, 0.3) is 5.91 Å². The second kappa shape index (κ2) is 8.53. The first-order valence-electron chi connectivity index (χ1n) is 10.7. The standard InChI is InChI=1S/C27H26ClNO3/c1-17-13-19(3)22(14-18(17)2)25(30)16-27(32)23-15-21(28)9-10-24(23)29(26(27)31)12-11-20-7-5-4-6-8-20/h4-10,13-15,32H,11-12,16H2,1-3H3/t27-/m0/s1. The molecule has 1 N–H and O–H groups in total. The van der Waals surface area contributed by atoms with E-state index < -0.39 is 11.5 Å². The number of amides is 1. The van der Waals surface area contributed by atoms with Crippen LogP contribution in [0.4, 0.5) is 5.69 Å². The summed E-state index contributed by atoms with van der Waals surface area (Å²) in [6.07, 6.45) is 0.305. The molecule has 32 heavy (non-hydrogen) atoms. The molecule has 1 atom stereocenters. The lowest BCUT2D eigenvalue weighted by molar-refractivity contribution is -0.135. The zero-order valence-electron chi connectivity index (χ0n) is 18.5. The zero-order valence-corrected chi connectivity index (χ0v) is 19.2. The lowest BCUT2D eigenvalue weighted by Crippen LogP contribution is -2.42. The van der Waals surface area contributed by atoms with Gasteiger partial charge in [-0.05, 0) is 73.7 Å². The third-order valence-electron chi connectivity index (χ3n) is 6.32. The summed E-state index contributed by atoms with van der Waals surface area (Å²) in [6, 6.07) is 18.7. The Morgan fingerprint density at radius 3 is 2.38 bits per heavy atom. The predicted octanol–water partition coefficient (Wildman–Crippen LogP) is 5.32. The molecule has 3 aromatic rings. The largest absolute Gasteiger partial charge is 0.375 e. The number of aryl methyl sites for hydroxylation is 3. The van der Waals surface area contributed by atoms with E-state index in [1.807, 2.05) is 63.2 Å². The minimum atomic E-state index is -1.95. The topological polar surface area (TPSA) is 57.6 Å². The average Bonchev–Trinajstić information content (AvgIpc) is 2.96. The molecular formula is C27H26ClNO3. The van der Waals surface area contributed by atoms with E-state index >= 15 is 0 Å². The molecule has 0 saturated heterocycles. The summed E-state index contributed by atoms with van der Waals surface area (Å²) in [5.74, 6) is -0.752. The van der Waals surface area contributed by atoms with Crippen molar-refractivity contribution in [3.05, 3.63) is 99.1 Å². The smallest absolute Gasteiger partial charge is 0.264 e. The SMILES string of the molecule is Cc1cc(C)c(C(=O)C[C@@]2(O)C(=O)N(CCc3ccccc3)c3ccc(Cl)cc32)cc1C. The molecular weight excluding hydrogens is 422 g/mol. The minimum absolute atomic E-state index is 0.266. The van der Waals surface area contributed by atoms with Gasteiger partial charge in [-0.2, -0.15) is 0 Å². The lowest BCUT2D eigenvalue weighted by Gasteiger charge is -2.23. The number of nitrogens with zero attached hydrogens (tertiary/aromatic N) is 1. The first kappa shape index (κ1) is 22.3. The average molecular weight is 448 g/mol. The molecule has 164 valence electrons. The number of carbonyl (C=O) groups excluding carboxylic acids is 2. The van der Waals surface area contributed by atoms with Gasteiger partial charge in [0.05, 0.1) is 12.1 Å². The number of hydrogen-bond acceptors (Lipinski definition) is 3. The lowest BCUT2D eigenvalue weighted by atomic mass is 9.86. The minimum Gasteiger partial charge on any atom is -0.375 e. The fourth-order valence-corrected chi connectivity index (χ4v) is 4.56. The number of ketones is 1. The third kappa shape index (κ3) is 3.96. The number of fused-ring (bicyclic) bond motifs is 1. The maximum absolute atomic E-state index is 13.5. The molecule has 0 unspecified atom stereocenters. The number of benzene rings is 3. The van der Waals surface area contributed by atoms with Crippen LogP contribution in [0.5, 0.6) is 0 Å². The van der Waals surface area contributed by atoms with Crippen LogP contribution in [0.15, 0.2) is 60.7 Å². The second-order valence-electron chi connectivity index (χ2n) is 8.57. The normalized spacial score (nSPS) is 17.5. The van der Waals surface area contributed by atoms with Gasteiger partial charge in [0.1, 0.15) is 0 Å². The molecule has 1 aliphatic rings. The Labute approximate surface area is 193 Å². The van der Waals surface area contributed by atoms with E-state index in [2.05, 4.69) is 0 Å². The van der Waals surface area contributed by atoms with Gasteiger partial charge in [-0.1, -0.05) is 48.0 Å². The maximum Gasteiger partial charge on any atom is 0.264 e. The van der Waals surface area contributed by atoms with E-state index in [1.165, 1.54) is 0 Å². The van der Waals surface area contributed by atoms with Crippen molar-refractivity contribution in [1.29, 1.82) is 0 Å². The molecule has 4 nitrogen and oxygen atoms in total. The fraction of sp³-hybridized carbons (Fsp3) is 0.259. The van der Waals surface area contributed by atoms with Gasteiger partial charge >= 0.3 is 0 Å². The van der Waals surface area contributed by atoms with Gasteiger partial charge in [-0.3, -0.25) is 9.59 Å². The van der Waals surface area contributed by atoms with E-state index in [0.29, 0.717) is 34.8 Å². The van der Waals surface area contributed by atoms with Crippen LogP contribution in [0, 0.1) is 20.8 Å². The van der Waals surface area contributed by atoms with Crippen molar-refractivity contribution in [1.82, 2.24) is 0 Å². The summed E-state index contributed by atoms with van der Waals surface area (Å²) >= 11 is 6.21. The molecule has 0 fully saturated rings. The number of anilines is 1. The summed E-state index contributed by atoms with van der Waals surface area (Å²) in [7, 11) is 0. The van der Waals surface area contributed by atoms with Crippen LogP contribution in [0.2, 0.25) is 5.02 Å². The van der Waals surface area contributed by atoms with Crippen molar-refractivity contribution in [2.24, 2.45) is 0 Å². The zero-order chi connectivity index (χ0) is 23.0. The summed E-state index contributed by atoms with van der Waals surface area (Å²) in [4.78, 5) is 28.3. The van der Waals surface area contributed by atoms with E-state index in [0.717, 1.165) is 22.3 Å². The van der Waals surface area contributed by atoms with Gasteiger partial charge in [0, 0.05) is 22.7 Å². The molecule has 0 aliphatic carbocycles. The highest BCUT2D eigenvalue weighted by Gasteiger charge is 2.51. The molecule has 0 spiro atoms. The Bertz CT molecular complexity index is 1210. The van der Waals surface area contributed by atoms with Crippen molar-refractivity contribution in [3.8, 4) is 0 Å². The summed E-state index contributed by atoms with van der Waals surface area (Å²) < 4.78 is 0. The number of halogens is 1. The maximum atomic E-state index is 13.5.